The number of methoxy groups -OCH3 is 1. The molecule has 2 unspecified atom stereocenters. The molecule has 0 fully saturated rings. The summed E-state index contributed by atoms with van der Waals surface area (Å²) in [6.45, 7) is 0. The Morgan fingerprint density at radius 1 is 1.09 bits per heavy atom. The molecule has 1 aliphatic carbocycles. The first-order valence-electron chi connectivity index (χ1n) is 10.6. The molecule has 8 nitrogen and oxygen atoms in total. The van der Waals surface area contributed by atoms with Crippen LogP contribution in [0.5, 0.6) is 5.75 Å². The smallest absolute Gasteiger partial charge is 0.307 e. The number of anilines is 2. The Labute approximate surface area is 204 Å². The lowest BCUT2D eigenvalue weighted by Crippen LogP contribution is -2.34. The van der Waals surface area contributed by atoms with E-state index in [2.05, 4.69) is 15.6 Å². The highest BCUT2D eigenvalue weighted by Gasteiger charge is 2.33. The standard InChI is InChI=1S/C24H23N3O5S2/c1-32-15-8-11-19-20(12-15)34-24(26-19)27-21(28)13-33-16-9-6-14(7-10-16)25-22(29)17-4-2-3-5-18(17)23(30)31/h2-3,6-12,17-18H,4-5,13H2,1H3,(H,25,29)(H,30,31)(H,26,27,28). The fourth-order valence-electron chi connectivity index (χ4n) is 3.64. The van der Waals surface area contributed by atoms with E-state index in [9.17, 15) is 19.5 Å². The second-order valence-electron chi connectivity index (χ2n) is 7.70. The first-order valence-corrected chi connectivity index (χ1v) is 12.4. The summed E-state index contributed by atoms with van der Waals surface area (Å²) in [7, 11) is 1.60. The molecule has 0 bridgehead atoms. The van der Waals surface area contributed by atoms with E-state index in [-0.39, 0.29) is 17.6 Å². The minimum Gasteiger partial charge on any atom is -0.497 e. The summed E-state index contributed by atoms with van der Waals surface area (Å²) in [6.07, 6.45) is 4.42. The van der Waals surface area contributed by atoms with Gasteiger partial charge in [-0.25, -0.2) is 4.98 Å². The number of aliphatic carboxylic acids is 1. The van der Waals surface area contributed by atoms with E-state index in [0.717, 1.165) is 20.9 Å². The number of carboxylic acid groups (broad SMARTS) is 1. The van der Waals surface area contributed by atoms with Crippen LogP contribution in [0.15, 0.2) is 59.5 Å². The molecule has 0 aliphatic heterocycles. The average molecular weight is 498 g/mol. The van der Waals surface area contributed by atoms with Crippen LogP contribution in [0.3, 0.4) is 0 Å². The van der Waals surface area contributed by atoms with Gasteiger partial charge in [0.2, 0.25) is 11.8 Å². The minimum atomic E-state index is -0.958. The number of nitrogens with zero attached hydrogens (tertiary/aromatic N) is 1. The van der Waals surface area contributed by atoms with E-state index in [4.69, 9.17) is 4.74 Å². The maximum atomic E-state index is 12.6. The van der Waals surface area contributed by atoms with Crippen LogP contribution in [0.4, 0.5) is 10.8 Å². The van der Waals surface area contributed by atoms with E-state index in [1.807, 2.05) is 36.4 Å². The molecule has 1 heterocycles. The number of carbonyl (C=O) groups excluding carboxylic acids is 2. The topological polar surface area (TPSA) is 118 Å². The lowest BCUT2D eigenvalue weighted by Gasteiger charge is -2.24. The molecular weight excluding hydrogens is 474 g/mol. The number of carboxylic acids is 1. The van der Waals surface area contributed by atoms with Crippen molar-refractivity contribution in [2.45, 2.75) is 17.7 Å². The number of rotatable bonds is 8. The van der Waals surface area contributed by atoms with Crippen LogP contribution in [-0.2, 0) is 14.4 Å². The van der Waals surface area contributed by atoms with Crippen LogP contribution in [0, 0.1) is 11.8 Å². The number of hydrogen-bond acceptors (Lipinski definition) is 7. The molecule has 1 aromatic heterocycles. The Morgan fingerprint density at radius 3 is 2.53 bits per heavy atom. The van der Waals surface area contributed by atoms with Gasteiger partial charge in [-0.1, -0.05) is 23.5 Å². The number of carbonyl (C=O) groups is 3. The third kappa shape index (κ3) is 5.75. The molecule has 0 saturated carbocycles. The van der Waals surface area contributed by atoms with Crippen molar-refractivity contribution in [2.24, 2.45) is 11.8 Å². The van der Waals surface area contributed by atoms with Gasteiger partial charge in [-0.05, 0) is 55.3 Å². The van der Waals surface area contributed by atoms with Crippen LogP contribution < -0.4 is 15.4 Å². The van der Waals surface area contributed by atoms with Crippen molar-refractivity contribution >= 4 is 61.9 Å². The Morgan fingerprint density at radius 2 is 1.82 bits per heavy atom. The van der Waals surface area contributed by atoms with Gasteiger partial charge >= 0.3 is 5.97 Å². The molecule has 4 rings (SSSR count). The molecule has 3 N–H and O–H groups in total. The van der Waals surface area contributed by atoms with E-state index in [0.29, 0.717) is 23.7 Å². The lowest BCUT2D eigenvalue weighted by atomic mass is 9.82. The third-order valence-electron chi connectivity index (χ3n) is 5.42. The normalized spacial score (nSPS) is 17.3. The number of aromatic nitrogens is 1. The third-order valence-corrected chi connectivity index (χ3v) is 7.37. The van der Waals surface area contributed by atoms with E-state index in [1.165, 1.54) is 23.1 Å². The zero-order valence-electron chi connectivity index (χ0n) is 18.3. The number of hydrogen-bond donors (Lipinski definition) is 3. The predicted octanol–water partition coefficient (Wildman–Crippen LogP) is 4.64. The molecule has 0 spiro atoms. The van der Waals surface area contributed by atoms with Crippen LogP contribution in [0.2, 0.25) is 0 Å². The number of thioether (sulfide) groups is 1. The van der Waals surface area contributed by atoms with Gasteiger partial charge in [0.05, 0.1) is 34.9 Å². The summed E-state index contributed by atoms with van der Waals surface area (Å²) in [4.78, 5) is 41.6. The van der Waals surface area contributed by atoms with Crippen molar-refractivity contribution in [1.29, 1.82) is 0 Å². The first-order chi connectivity index (χ1) is 16.4. The van der Waals surface area contributed by atoms with E-state index < -0.39 is 17.8 Å². The quantitative estimate of drug-likeness (QED) is 0.306. The van der Waals surface area contributed by atoms with Gasteiger partial charge < -0.3 is 20.5 Å². The molecule has 2 amide bonds. The van der Waals surface area contributed by atoms with Crippen molar-refractivity contribution in [3.63, 3.8) is 0 Å². The highest BCUT2D eigenvalue weighted by atomic mass is 32.2. The molecule has 2 aromatic carbocycles. The maximum absolute atomic E-state index is 12.6. The molecule has 176 valence electrons. The van der Waals surface area contributed by atoms with E-state index >= 15 is 0 Å². The molecular formula is C24H23N3O5S2. The highest BCUT2D eigenvalue weighted by Crippen LogP contribution is 2.30. The van der Waals surface area contributed by atoms with Gasteiger partial charge in [0.15, 0.2) is 5.13 Å². The summed E-state index contributed by atoms with van der Waals surface area (Å²) in [5, 5.41) is 15.5. The average Bonchev–Trinajstić information content (AvgIpc) is 3.24. The summed E-state index contributed by atoms with van der Waals surface area (Å²) < 4.78 is 6.14. The second-order valence-corrected chi connectivity index (χ2v) is 9.78. The Balaban J connectivity index is 1.29. The molecule has 0 radical (unpaired) electrons. The molecule has 34 heavy (non-hydrogen) atoms. The fraction of sp³-hybridized carbons (Fsp3) is 0.250. The zero-order chi connectivity index (χ0) is 24.1. The largest absolute Gasteiger partial charge is 0.497 e. The lowest BCUT2D eigenvalue weighted by molar-refractivity contribution is -0.146. The molecule has 1 aliphatic rings. The highest BCUT2D eigenvalue weighted by molar-refractivity contribution is 8.00. The molecule has 10 heteroatoms. The fourth-order valence-corrected chi connectivity index (χ4v) is 5.24. The van der Waals surface area contributed by atoms with Crippen molar-refractivity contribution in [1.82, 2.24) is 4.98 Å². The van der Waals surface area contributed by atoms with Crippen molar-refractivity contribution in [3.05, 3.63) is 54.6 Å². The van der Waals surface area contributed by atoms with Gasteiger partial charge in [-0.15, -0.1) is 11.8 Å². The van der Waals surface area contributed by atoms with Crippen LogP contribution in [0.25, 0.3) is 10.2 Å². The van der Waals surface area contributed by atoms with Gasteiger partial charge in [0, 0.05) is 10.6 Å². The number of fused-ring (bicyclic) bond motifs is 1. The number of ether oxygens (including phenoxy) is 1. The number of benzene rings is 2. The first kappa shape index (κ1) is 23.8. The molecule has 0 saturated heterocycles. The van der Waals surface area contributed by atoms with Crippen molar-refractivity contribution < 1.29 is 24.2 Å². The van der Waals surface area contributed by atoms with Crippen molar-refractivity contribution in [3.8, 4) is 5.75 Å². The van der Waals surface area contributed by atoms with Crippen molar-refractivity contribution in [2.75, 3.05) is 23.5 Å². The van der Waals surface area contributed by atoms with E-state index in [1.54, 1.807) is 25.3 Å². The van der Waals surface area contributed by atoms with Crippen LogP contribution in [-0.4, -0.2) is 40.7 Å². The van der Waals surface area contributed by atoms with Gasteiger partial charge in [0.1, 0.15) is 5.75 Å². The number of amides is 2. The summed E-state index contributed by atoms with van der Waals surface area (Å²) in [5.41, 5.74) is 1.38. The summed E-state index contributed by atoms with van der Waals surface area (Å²) in [5.74, 6) is -1.79. The predicted molar refractivity (Wildman–Crippen MR) is 134 cm³/mol. The number of thiazole rings is 1. The van der Waals surface area contributed by atoms with Gasteiger partial charge in [0.25, 0.3) is 0 Å². The van der Waals surface area contributed by atoms with Crippen LogP contribution >= 0.6 is 23.1 Å². The monoisotopic (exact) mass is 497 g/mol. The SMILES string of the molecule is COc1ccc2nc(NC(=O)CSc3ccc(NC(=O)C4CC=CCC4C(=O)O)cc3)sc2c1. The molecule has 2 atom stereocenters. The number of nitrogens with one attached hydrogen (secondary N) is 2. The van der Waals surface area contributed by atoms with Crippen LogP contribution in [0.1, 0.15) is 12.8 Å². The van der Waals surface area contributed by atoms with Gasteiger partial charge in [-0.2, -0.15) is 0 Å². The summed E-state index contributed by atoms with van der Waals surface area (Å²) in [6, 6.07) is 12.7. The molecule has 3 aromatic rings. The Bertz CT molecular complexity index is 1240. The second kappa shape index (κ2) is 10.7. The Hall–Kier alpha value is -3.37. The maximum Gasteiger partial charge on any atom is 0.307 e. The number of allylic oxidation sites excluding steroid dienone is 2. The van der Waals surface area contributed by atoms with Gasteiger partial charge in [-0.3, -0.25) is 14.4 Å². The summed E-state index contributed by atoms with van der Waals surface area (Å²) >= 11 is 2.75. The zero-order valence-corrected chi connectivity index (χ0v) is 19.9. The minimum absolute atomic E-state index is 0.168. The Kier molecular flexibility index (Phi) is 7.49.